The molecule has 3 atom stereocenters. The Morgan fingerprint density at radius 3 is 2.61 bits per heavy atom. The van der Waals surface area contributed by atoms with Gasteiger partial charge in [-0.25, -0.2) is 14.8 Å². The van der Waals surface area contributed by atoms with Gasteiger partial charge >= 0.3 is 0 Å². The second-order valence-electron chi connectivity index (χ2n) is 9.14. The molecular formula is C27H23ClN4O. The Hall–Kier alpha value is -3.36. The number of carbonyl (C=O) groups excluding carboxylic acids is 1. The summed E-state index contributed by atoms with van der Waals surface area (Å²) in [5.41, 5.74) is 5.40. The Morgan fingerprint density at radius 2 is 1.91 bits per heavy atom. The largest absolute Gasteiger partial charge is 0.308 e. The van der Waals surface area contributed by atoms with Gasteiger partial charge < -0.3 is 4.79 Å². The maximum Gasteiger partial charge on any atom is 0.226 e. The van der Waals surface area contributed by atoms with Gasteiger partial charge in [-0.3, -0.25) is 4.98 Å². The van der Waals surface area contributed by atoms with E-state index in [0.29, 0.717) is 10.8 Å². The number of aromatic nitrogens is 3. The van der Waals surface area contributed by atoms with Crippen LogP contribution in [-0.4, -0.2) is 20.7 Å². The fourth-order valence-corrected chi connectivity index (χ4v) is 5.52. The number of Topliss-reactive ketones (excluding diaryl/α,β-unsaturated/α-hetero) is 1. The standard InChI is InChI=1S/C27H23ClN4O/c1-15-13-18(5-8-21(15)28)23-19-6-7-20-16(2)24(33)22(29-4)14-27(20,3)25(19)32-26(31-23)17-9-11-30-12-10-17/h5,8-14,16,20H,6-7H2,1-3H3/t16-,20-,27-/m1/s1. The maximum atomic E-state index is 12.8. The van der Waals surface area contributed by atoms with Crippen LogP contribution in [-0.2, 0) is 16.6 Å². The van der Waals surface area contributed by atoms with E-state index in [9.17, 15) is 4.79 Å². The molecule has 164 valence electrons. The lowest BCUT2D eigenvalue weighted by Gasteiger charge is -2.46. The summed E-state index contributed by atoms with van der Waals surface area (Å²) in [7, 11) is 0. The van der Waals surface area contributed by atoms with Crippen molar-refractivity contribution in [3.05, 3.63) is 87.8 Å². The minimum absolute atomic E-state index is 0.0621. The van der Waals surface area contributed by atoms with Crippen molar-refractivity contribution >= 4 is 17.4 Å². The zero-order chi connectivity index (χ0) is 23.3. The molecule has 0 saturated heterocycles. The highest BCUT2D eigenvalue weighted by atomic mass is 35.5. The molecule has 0 spiro atoms. The van der Waals surface area contributed by atoms with E-state index >= 15 is 0 Å². The molecule has 0 unspecified atom stereocenters. The molecule has 0 fully saturated rings. The van der Waals surface area contributed by atoms with Crippen LogP contribution in [0.1, 0.15) is 37.1 Å². The maximum absolute atomic E-state index is 12.8. The van der Waals surface area contributed by atoms with Crippen LogP contribution in [0.15, 0.2) is 54.5 Å². The zero-order valence-corrected chi connectivity index (χ0v) is 19.5. The third kappa shape index (κ3) is 3.37. The van der Waals surface area contributed by atoms with Gasteiger partial charge in [0.15, 0.2) is 11.6 Å². The molecule has 5 nitrogen and oxygen atoms in total. The molecule has 0 N–H and O–H groups in total. The van der Waals surface area contributed by atoms with Crippen LogP contribution >= 0.6 is 11.6 Å². The van der Waals surface area contributed by atoms with Crippen molar-refractivity contribution in [1.29, 1.82) is 0 Å². The average Bonchev–Trinajstić information content (AvgIpc) is 2.83. The van der Waals surface area contributed by atoms with E-state index < -0.39 is 5.41 Å². The van der Waals surface area contributed by atoms with Gasteiger partial charge in [0.1, 0.15) is 0 Å². The molecule has 1 aromatic carbocycles. The number of allylic oxidation sites excluding steroid dienone is 2. The summed E-state index contributed by atoms with van der Waals surface area (Å²) in [5.74, 6) is 0.414. The molecule has 6 heteroatoms. The summed E-state index contributed by atoms with van der Waals surface area (Å²) in [6.07, 6.45) is 6.93. The van der Waals surface area contributed by atoms with Crippen LogP contribution in [0.2, 0.25) is 5.02 Å². The van der Waals surface area contributed by atoms with E-state index in [1.54, 1.807) is 12.4 Å². The lowest BCUT2D eigenvalue weighted by Crippen LogP contribution is -2.46. The first-order valence-corrected chi connectivity index (χ1v) is 11.4. The molecule has 33 heavy (non-hydrogen) atoms. The molecule has 0 aliphatic heterocycles. The van der Waals surface area contributed by atoms with Crippen LogP contribution in [0.25, 0.3) is 27.5 Å². The lowest BCUT2D eigenvalue weighted by molar-refractivity contribution is -0.121. The van der Waals surface area contributed by atoms with E-state index in [4.69, 9.17) is 28.1 Å². The van der Waals surface area contributed by atoms with Crippen molar-refractivity contribution in [1.82, 2.24) is 15.0 Å². The number of rotatable bonds is 2. The Morgan fingerprint density at radius 1 is 1.15 bits per heavy atom. The van der Waals surface area contributed by atoms with Crippen LogP contribution in [0, 0.1) is 25.3 Å². The number of hydrogen-bond donors (Lipinski definition) is 0. The van der Waals surface area contributed by atoms with Gasteiger partial charge in [0.25, 0.3) is 0 Å². The summed E-state index contributed by atoms with van der Waals surface area (Å²) in [6, 6.07) is 9.75. The summed E-state index contributed by atoms with van der Waals surface area (Å²) >= 11 is 6.31. The Bertz CT molecular complexity index is 1360. The molecular weight excluding hydrogens is 432 g/mol. The molecule has 2 aliphatic rings. The number of benzene rings is 1. The highest BCUT2D eigenvalue weighted by Gasteiger charge is 2.49. The summed E-state index contributed by atoms with van der Waals surface area (Å²) in [5, 5.41) is 0.715. The van der Waals surface area contributed by atoms with Crippen molar-refractivity contribution < 1.29 is 4.79 Å². The van der Waals surface area contributed by atoms with Crippen LogP contribution in [0.3, 0.4) is 0 Å². The monoisotopic (exact) mass is 454 g/mol. The Labute approximate surface area is 198 Å². The third-order valence-corrected chi connectivity index (χ3v) is 7.61. The van der Waals surface area contributed by atoms with Crippen molar-refractivity contribution in [2.24, 2.45) is 11.8 Å². The topological polar surface area (TPSA) is 60.1 Å². The quantitative estimate of drug-likeness (QED) is 0.445. The van der Waals surface area contributed by atoms with E-state index in [0.717, 1.165) is 46.5 Å². The zero-order valence-electron chi connectivity index (χ0n) is 18.8. The van der Waals surface area contributed by atoms with E-state index in [1.165, 1.54) is 0 Å². The molecule has 5 rings (SSSR count). The highest BCUT2D eigenvalue weighted by molar-refractivity contribution is 6.31. The van der Waals surface area contributed by atoms with Crippen LogP contribution in [0.5, 0.6) is 0 Å². The highest BCUT2D eigenvalue weighted by Crippen LogP contribution is 2.51. The lowest BCUT2D eigenvalue weighted by atomic mass is 9.58. The van der Waals surface area contributed by atoms with E-state index in [2.05, 4.69) is 22.8 Å². The Balaban J connectivity index is 1.82. The molecule has 0 bridgehead atoms. The van der Waals surface area contributed by atoms with Gasteiger partial charge in [-0.1, -0.05) is 37.6 Å². The number of nitrogens with zero attached hydrogens (tertiary/aromatic N) is 4. The SMILES string of the molecule is [C-]#[N+]C1=C[C@@]2(C)c3nc(-c4ccncc4)nc(-c4ccc(Cl)c(C)c4)c3CC[C@@H]2[C@@H](C)C1=O. The molecule has 2 aromatic heterocycles. The first-order valence-electron chi connectivity index (χ1n) is 11.1. The van der Waals surface area contributed by atoms with Gasteiger partial charge in [-0.15, -0.1) is 0 Å². The summed E-state index contributed by atoms with van der Waals surface area (Å²) in [4.78, 5) is 30.6. The number of fused-ring (bicyclic) bond motifs is 3. The second kappa shape index (κ2) is 7.90. The normalized spacial score (nSPS) is 23.8. The molecule has 0 saturated carbocycles. The van der Waals surface area contributed by atoms with Gasteiger partial charge in [0.05, 0.1) is 18.0 Å². The van der Waals surface area contributed by atoms with Crippen molar-refractivity contribution in [3.63, 3.8) is 0 Å². The van der Waals surface area contributed by atoms with Crippen LogP contribution in [0.4, 0.5) is 0 Å². The molecule has 0 radical (unpaired) electrons. The number of hydrogen-bond acceptors (Lipinski definition) is 4. The van der Waals surface area contributed by atoms with Gasteiger partial charge in [0, 0.05) is 45.4 Å². The van der Waals surface area contributed by atoms with Crippen molar-refractivity contribution in [2.75, 3.05) is 0 Å². The van der Waals surface area contributed by atoms with E-state index in [-0.39, 0.29) is 23.3 Å². The predicted octanol–water partition coefficient (Wildman–Crippen LogP) is 6.01. The van der Waals surface area contributed by atoms with E-state index in [1.807, 2.05) is 44.2 Å². The third-order valence-electron chi connectivity index (χ3n) is 7.19. The number of pyridine rings is 1. The van der Waals surface area contributed by atoms with Gasteiger partial charge in [-0.05, 0) is 55.5 Å². The number of halogens is 1. The first kappa shape index (κ1) is 21.5. The molecule has 2 aliphatic carbocycles. The molecule has 0 amide bonds. The van der Waals surface area contributed by atoms with Gasteiger partial charge in [-0.2, -0.15) is 0 Å². The van der Waals surface area contributed by atoms with Crippen molar-refractivity contribution in [3.8, 4) is 22.6 Å². The summed E-state index contributed by atoms with van der Waals surface area (Å²) in [6.45, 7) is 13.6. The smallest absolute Gasteiger partial charge is 0.226 e. The number of carbonyl (C=O) groups is 1. The van der Waals surface area contributed by atoms with Crippen molar-refractivity contribution in [2.45, 2.75) is 39.0 Å². The molecule has 3 aromatic rings. The van der Waals surface area contributed by atoms with Crippen LogP contribution < -0.4 is 0 Å². The van der Waals surface area contributed by atoms with Gasteiger partial charge in [0.2, 0.25) is 5.70 Å². The molecule has 2 heterocycles. The Kier molecular flexibility index (Phi) is 5.14. The minimum atomic E-state index is -0.526. The fraction of sp³-hybridized carbons (Fsp3) is 0.296. The minimum Gasteiger partial charge on any atom is -0.308 e. The average molecular weight is 455 g/mol. The first-order chi connectivity index (χ1) is 15.8. The second-order valence-corrected chi connectivity index (χ2v) is 9.55. The fourth-order valence-electron chi connectivity index (χ4n) is 5.41. The predicted molar refractivity (Wildman–Crippen MR) is 128 cm³/mol. The summed E-state index contributed by atoms with van der Waals surface area (Å²) < 4.78 is 0. The number of aryl methyl sites for hydroxylation is 1. The number of ketones is 1.